The summed E-state index contributed by atoms with van der Waals surface area (Å²) in [7, 11) is 0. The monoisotopic (exact) mass is 229 g/mol. The third-order valence-electron chi connectivity index (χ3n) is 2.78. The normalized spacial score (nSPS) is 18.3. The number of rotatable bonds is 0. The minimum Gasteiger partial charge on any atom is -0.382 e. The Morgan fingerprint density at radius 3 is 2.81 bits per heavy atom. The quantitative estimate of drug-likeness (QED) is 0.727. The fourth-order valence-electron chi connectivity index (χ4n) is 1.97. The van der Waals surface area contributed by atoms with Gasteiger partial charge in [-0.2, -0.15) is 0 Å². The van der Waals surface area contributed by atoms with Gasteiger partial charge in [0.2, 0.25) is 0 Å². The summed E-state index contributed by atoms with van der Waals surface area (Å²) in [6.07, 6.45) is 0. The highest BCUT2D eigenvalue weighted by Gasteiger charge is 2.22. The van der Waals surface area contributed by atoms with Crippen LogP contribution in [0.25, 0.3) is 0 Å². The molecule has 1 unspecified atom stereocenters. The lowest BCUT2D eigenvalue weighted by Gasteiger charge is -2.11. The Bertz CT molecular complexity index is 571. The second-order valence-electron chi connectivity index (χ2n) is 3.74. The second kappa shape index (κ2) is 3.43. The Hall–Kier alpha value is -1.65. The largest absolute Gasteiger partial charge is 0.382 e. The zero-order valence-corrected chi connectivity index (χ0v) is 9.37. The molecule has 1 aliphatic rings. The van der Waals surface area contributed by atoms with Gasteiger partial charge in [0, 0.05) is 0 Å². The maximum Gasteiger partial charge on any atom is 0.141 e. The topological polar surface area (TPSA) is 64.4 Å². The van der Waals surface area contributed by atoms with E-state index in [1.54, 1.807) is 11.3 Å². The first-order valence-corrected chi connectivity index (χ1v) is 5.92. The van der Waals surface area contributed by atoms with Gasteiger partial charge in [0.15, 0.2) is 0 Å². The summed E-state index contributed by atoms with van der Waals surface area (Å²) in [4.78, 5) is 5.42. The molecule has 3 rings (SSSR count). The van der Waals surface area contributed by atoms with Crippen molar-refractivity contribution in [3.8, 4) is 0 Å². The van der Waals surface area contributed by atoms with Crippen LogP contribution in [-0.2, 0) is 0 Å². The number of amidine groups is 1. The highest BCUT2D eigenvalue weighted by atomic mass is 32.1. The van der Waals surface area contributed by atoms with Crippen molar-refractivity contribution < 1.29 is 0 Å². The van der Waals surface area contributed by atoms with Crippen molar-refractivity contribution >= 4 is 22.9 Å². The van der Waals surface area contributed by atoms with E-state index in [9.17, 15) is 0 Å². The van der Waals surface area contributed by atoms with E-state index in [1.165, 1.54) is 0 Å². The van der Waals surface area contributed by atoms with Gasteiger partial charge in [-0.15, -0.1) is 11.3 Å². The summed E-state index contributed by atoms with van der Waals surface area (Å²) >= 11 is 1.59. The zero-order valence-electron chi connectivity index (χ0n) is 8.55. The number of thiophene rings is 1. The fraction of sp³-hybridized carbons (Fsp3) is 0.0833. The molecular weight excluding hydrogens is 218 g/mol. The lowest BCUT2D eigenvalue weighted by molar-refractivity contribution is 0.879. The van der Waals surface area contributed by atoms with Crippen molar-refractivity contribution in [2.75, 3.05) is 0 Å². The molecule has 16 heavy (non-hydrogen) atoms. The molecule has 0 aliphatic carbocycles. The van der Waals surface area contributed by atoms with Crippen molar-refractivity contribution in [2.24, 2.45) is 16.5 Å². The summed E-state index contributed by atoms with van der Waals surface area (Å²) in [5, 5.41) is 2.00. The van der Waals surface area contributed by atoms with E-state index < -0.39 is 0 Å². The predicted octanol–water partition coefficient (Wildman–Crippen LogP) is 2.15. The Labute approximate surface area is 97.4 Å². The average molecular weight is 229 g/mol. The molecule has 4 heteroatoms. The highest BCUT2D eigenvalue weighted by molar-refractivity contribution is 7.12. The van der Waals surface area contributed by atoms with Gasteiger partial charge in [0.25, 0.3) is 0 Å². The molecule has 0 fully saturated rings. The van der Waals surface area contributed by atoms with Crippen LogP contribution in [0.4, 0.5) is 5.69 Å². The van der Waals surface area contributed by atoms with E-state index in [0.29, 0.717) is 5.84 Å². The van der Waals surface area contributed by atoms with Gasteiger partial charge in [-0.05, 0) is 28.6 Å². The third kappa shape index (κ3) is 1.27. The minimum absolute atomic E-state index is 0.137. The molecule has 1 aromatic heterocycles. The summed E-state index contributed by atoms with van der Waals surface area (Å²) < 4.78 is 0. The van der Waals surface area contributed by atoms with Crippen LogP contribution in [0.15, 0.2) is 40.7 Å². The van der Waals surface area contributed by atoms with Gasteiger partial charge < -0.3 is 11.5 Å². The molecule has 0 amide bonds. The maximum atomic E-state index is 6.24. The number of aliphatic imine (C=N–C) groups is 1. The Morgan fingerprint density at radius 1 is 1.12 bits per heavy atom. The van der Waals surface area contributed by atoms with Crippen LogP contribution in [0.2, 0.25) is 0 Å². The van der Waals surface area contributed by atoms with Crippen LogP contribution in [0, 0.1) is 0 Å². The molecule has 3 nitrogen and oxygen atoms in total. The van der Waals surface area contributed by atoms with Crippen LogP contribution in [0.5, 0.6) is 0 Å². The molecule has 1 atom stereocenters. The van der Waals surface area contributed by atoms with Gasteiger partial charge in [-0.25, -0.2) is 4.99 Å². The van der Waals surface area contributed by atoms with E-state index >= 15 is 0 Å². The number of fused-ring (bicyclic) bond motifs is 2. The number of hydrogen-bond donors (Lipinski definition) is 2. The lowest BCUT2D eigenvalue weighted by Crippen LogP contribution is -2.15. The number of hydrogen-bond acceptors (Lipinski definition) is 4. The number of nitrogens with two attached hydrogens (primary N) is 2. The number of nitrogens with zero attached hydrogens (tertiary/aromatic N) is 1. The van der Waals surface area contributed by atoms with Gasteiger partial charge in [-0.1, -0.05) is 18.2 Å². The summed E-state index contributed by atoms with van der Waals surface area (Å²) in [5.74, 6) is 0.561. The van der Waals surface area contributed by atoms with Crippen molar-refractivity contribution in [2.45, 2.75) is 6.04 Å². The molecule has 0 saturated heterocycles. The molecule has 2 heterocycles. The van der Waals surface area contributed by atoms with E-state index in [1.807, 2.05) is 35.7 Å². The van der Waals surface area contributed by atoms with Crippen molar-refractivity contribution in [3.63, 3.8) is 0 Å². The van der Waals surface area contributed by atoms with Crippen LogP contribution < -0.4 is 11.5 Å². The van der Waals surface area contributed by atoms with Crippen molar-refractivity contribution in [1.29, 1.82) is 0 Å². The predicted molar refractivity (Wildman–Crippen MR) is 67.2 cm³/mol. The highest BCUT2D eigenvalue weighted by Crippen LogP contribution is 2.35. The molecule has 0 spiro atoms. The van der Waals surface area contributed by atoms with Gasteiger partial charge in [0.05, 0.1) is 16.6 Å². The standard InChI is InChI=1S/C12H11N3S/c13-10-7-3-1-2-4-9(7)15-12(14)11-8(10)5-6-16-11/h1-6,10H,13H2,(H2,14,15). The molecule has 1 aromatic carbocycles. The zero-order chi connectivity index (χ0) is 11.1. The Kier molecular flexibility index (Phi) is 2.05. The Morgan fingerprint density at radius 2 is 1.94 bits per heavy atom. The molecule has 0 radical (unpaired) electrons. The van der Waals surface area contributed by atoms with Crippen LogP contribution in [0.3, 0.4) is 0 Å². The summed E-state index contributed by atoms with van der Waals surface area (Å²) in [6, 6.07) is 9.75. The molecule has 0 bridgehead atoms. The molecule has 2 aromatic rings. The van der Waals surface area contributed by atoms with Crippen LogP contribution >= 0.6 is 11.3 Å². The van der Waals surface area contributed by atoms with E-state index in [4.69, 9.17) is 11.5 Å². The summed E-state index contributed by atoms with van der Waals surface area (Å²) in [6.45, 7) is 0. The molecular formula is C12H11N3S. The number of benzene rings is 1. The van der Waals surface area contributed by atoms with Crippen molar-refractivity contribution in [1.82, 2.24) is 0 Å². The maximum absolute atomic E-state index is 6.24. The van der Waals surface area contributed by atoms with E-state index in [0.717, 1.165) is 21.7 Å². The first kappa shape index (κ1) is 9.57. The Balaban J connectivity index is 2.31. The minimum atomic E-state index is -0.137. The molecule has 80 valence electrons. The first-order chi connectivity index (χ1) is 7.77. The second-order valence-corrected chi connectivity index (χ2v) is 4.65. The molecule has 1 aliphatic heterocycles. The fourth-order valence-corrected chi connectivity index (χ4v) is 2.82. The average Bonchev–Trinajstić information content (AvgIpc) is 2.74. The third-order valence-corrected chi connectivity index (χ3v) is 3.73. The smallest absolute Gasteiger partial charge is 0.141 e. The molecule has 4 N–H and O–H groups in total. The SMILES string of the molecule is NC1=Nc2ccccc2C(N)c2ccsc21. The van der Waals surface area contributed by atoms with Gasteiger partial charge in [0.1, 0.15) is 5.84 Å². The van der Waals surface area contributed by atoms with E-state index in [2.05, 4.69) is 4.99 Å². The van der Waals surface area contributed by atoms with E-state index in [-0.39, 0.29) is 6.04 Å². The van der Waals surface area contributed by atoms with Gasteiger partial charge in [-0.3, -0.25) is 0 Å². The molecule has 0 saturated carbocycles. The lowest BCUT2D eigenvalue weighted by atomic mass is 10.00. The van der Waals surface area contributed by atoms with Gasteiger partial charge >= 0.3 is 0 Å². The summed E-state index contributed by atoms with van der Waals surface area (Å²) in [5.41, 5.74) is 15.2. The van der Waals surface area contributed by atoms with Crippen molar-refractivity contribution in [3.05, 3.63) is 51.7 Å². The van der Waals surface area contributed by atoms with Crippen LogP contribution in [0.1, 0.15) is 22.0 Å². The number of para-hydroxylation sites is 1. The first-order valence-electron chi connectivity index (χ1n) is 5.04. The van der Waals surface area contributed by atoms with Crippen LogP contribution in [-0.4, -0.2) is 5.84 Å².